The molecule has 1 amide bonds. The lowest BCUT2D eigenvalue weighted by Gasteiger charge is -2.33. The molecule has 38 heavy (non-hydrogen) atoms. The molecule has 2 aromatic carbocycles. The molecule has 0 spiro atoms. The van der Waals surface area contributed by atoms with Gasteiger partial charge in [0, 0.05) is 56.3 Å². The SMILES string of the molecule is CN1CCO[C@H](COc2nc(C(=O)Nc3cc(O)cc4ccccc34)cc(N3CCN[C@@H](CC#N)C3)n2)C1. The number of rotatable bonds is 7. The van der Waals surface area contributed by atoms with E-state index in [1.54, 1.807) is 12.1 Å². The fourth-order valence-electron chi connectivity index (χ4n) is 4.76. The van der Waals surface area contributed by atoms with Gasteiger partial charge in [-0.05, 0) is 18.5 Å². The summed E-state index contributed by atoms with van der Waals surface area (Å²) in [4.78, 5) is 26.6. The van der Waals surface area contributed by atoms with Crippen LogP contribution >= 0.6 is 0 Å². The monoisotopic (exact) mass is 517 g/mol. The summed E-state index contributed by atoms with van der Waals surface area (Å²) in [5, 5.41) is 27.2. The highest BCUT2D eigenvalue weighted by Gasteiger charge is 2.24. The number of amides is 1. The van der Waals surface area contributed by atoms with Crippen molar-refractivity contribution in [2.24, 2.45) is 0 Å². The van der Waals surface area contributed by atoms with E-state index in [2.05, 4.69) is 31.6 Å². The van der Waals surface area contributed by atoms with Crippen LogP contribution in [-0.4, -0.2) is 91.0 Å². The average Bonchev–Trinajstić information content (AvgIpc) is 2.92. The van der Waals surface area contributed by atoms with E-state index in [-0.39, 0.29) is 36.2 Å². The van der Waals surface area contributed by atoms with E-state index in [4.69, 9.17) is 14.7 Å². The number of hydrogen-bond donors (Lipinski definition) is 3. The first kappa shape index (κ1) is 25.7. The van der Waals surface area contributed by atoms with Gasteiger partial charge >= 0.3 is 6.01 Å². The molecule has 5 rings (SSSR count). The molecule has 2 aliphatic rings. The summed E-state index contributed by atoms with van der Waals surface area (Å²) in [5.74, 6) is 0.145. The molecule has 11 heteroatoms. The number of ether oxygens (including phenoxy) is 2. The Balaban J connectivity index is 1.42. The summed E-state index contributed by atoms with van der Waals surface area (Å²) >= 11 is 0. The van der Waals surface area contributed by atoms with Gasteiger partial charge in [-0.25, -0.2) is 0 Å². The van der Waals surface area contributed by atoms with E-state index in [0.29, 0.717) is 44.2 Å². The van der Waals surface area contributed by atoms with Crippen LogP contribution in [0.5, 0.6) is 11.8 Å². The second-order valence-electron chi connectivity index (χ2n) is 9.59. The van der Waals surface area contributed by atoms with Gasteiger partial charge in [-0.2, -0.15) is 15.2 Å². The summed E-state index contributed by atoms with van der Waals surface area (Å²) in [6.45, 7) is 4.38. The van der Waals surface area contributed by atoms with Crippen molar-refractivity contribution in [1.29, 1.82) is 5.26 Å². The van der Waals surface area contributed by atoms with Crippen LogP contribution in [0.4, 0.5) is 11.5 Å². The van der Waals surface area contributed by atoms with Crippen LogP contribution in [0.3, 0.4) is 0 Å². The third-order valence-electron chi connectivity index (χ3n) is 6.68. The van der Waals surface area contributed by atoms with E-state index >= 15 is 0 Å². The number of carbonyl (C=O) groups excluding carboxylic acids is 1. The number of nitrogens with zero attached hydrogens (tertiary/aromatic N) is 5. The van der Waals surface area contributed by atoms with Crippen LogP contribution in [0.25, 0.3) is 10.8 Å². The molecule has 11 nitrogen and oxygen atoms in total. The predicted octanol–water partition coefficient (Wildman–Crippen LogP) is 1.99. The zero-order chi connectivity index (χ0) is 26.5. The molecule has 0 unspecified atom stereocenters. The molecule has 0 aliphatic carbocycles. The molecule has 3 heterocycles. The lowest BCUT2D eigenvalue weighted by molar-refractivity contribution is -0.0417. The molecule has 0 saturated carbocycles. The van der Waals surface area contributed by atoms with Crippen LogP contribution in [0.2, 0.25) is 0 Å². The van der Waals surface area contributed by atoms with Gasteiger partial charge in [0.15, 0.2) is 0 Å². The molecule has 2 atom stereocenters. The summed E-state index contributed by atoms with van der Waals surface area (Å²) in [6.07, 6.45) is 0.242. The normalized spacial score (nSPS) is 20.2. The maximum absolute atomic E-state index is 13.4. The van der Waals surface area contributed by atoms with Crippen molar-refractivity contribution in [3.8, 4) is 17.8 Å². The standard InChI is InChI=1S/C27H31N7O4/c1-33-10-11-37-21(16-33)17-38-27-31-24(14-25(32-27)34-9-8-29-19(15-34)6-7-28)26(36)30-23-13-20(35)12-18-4-2-3-5-22(18)23/h2-5,12-14,19,21,29,35H,6,8-11,15-17H2,1H3,(H,30,36)/t19-,21-/m0/s1. The van der Waals surface area contributed by atoms with Gasteiger partial charge in [-0.15, -0.1) is 0 Å². The largest absolute Gasteiger partial charge is 0.508 e. The number of phenolic OH excluding ortho intramolecular Hbond substituents is 1. The maximum Gasteiger partial charge on any atom is 0.319 e. The van der Waals surface area contributed by atoms with Gasteiger partial charge in [0.05, 0.1) is 24.8 Å². The molecular weight excluding hydrogens is 486 g/mol. The number of phenols is 1. The van der Waals surface area contributed by atoms with Gasteiger partial charge in [-0.3, -0.25) is 4.79 Å². The van der Waals surface area contributed by atoms with Crippen molar-refractivity contribution in [1.82, 2.24) is 20.2 Å². The summed E-state index contributed by atoms with van der Waals surface area (Å²) in [7, 11) is 2.03. The molecule has 198 valence electrons. The smallest absolute Gasteiger partial charge is 0.319 e. The van der Waals surface area contributed by atoms with Crippen LogP contribution in [-0.2, 0) is 4.74 Å². The number of likely N-dealkylation sites (N-methyl/N-ethyl adjacent to an activating group) is 1. The number of carbonyl (C=O) groups is 1. The minimum Gasteiger partial charge on any atom is -0.508 e. The Morgan fingerprint density at radius 3 is 2.97 bits per heavy atom. The highest BCUT2D eigenvalue weighted by molar-refractivity contribution is 6.09. The average molecular weight is 518 g/mol. The molecule has 3 aromatic rings. The summed E-state index contributed by atoms with van der Waals surface area (Å²) in [5.41, 5.74) is 0.609. The Morgan fingerprint density at radius 2 is 2.13 bits per heavy atom. The Morgan fingerprint density at radius 1 is 1.26 bits per heavy atom. The molecule has 0 radical (unpaired) electrons. The first-order valence-electron chi connectivity index (χ1n) is 12.7. The van der Waals surface area contributed by atoms with Gasteiger partial charge < -0.3 is 35.0 Å². The zero-order valence-corrected chi connectivity index (χ0v) is 21.3. The van der Waals surface area contributed by atoms with Gasteiger partial charge in [0.1, 0.15) is 30.0 Å². The van der Waals surface area contributed by atoms with Crippen molar-refractivity contribution >= 4 is 28.2 Å². The highest BCUT2D eigenvalue weighted by atomic mass is 16.5. The van der Waals surface area contributed by atoms with Crippen molar-refractivity contribution in [3.63, 3.8) is 0 Å². The van der Waals surface area contributed by atoms with E-state index in [1.165, 1.54) is 6.07 Å². The predicted molar refractivity (Wildman–Crippen MR) is 143 cm³/mol. The fraction of sp³-hybridized carbons (Fsp3) is 0.407. The molecule has 1 aromatic heterocycles. The first-order chi connectivity index (χ1) is 18.5. The summed E-state index contributed by atoms with van der Waals surface area (Å²) < 4.78 is 11.7. The second kappa shape index (κ2) is 11.6. The fourth-order valence-corrected chi connectivity index (χ4v) is 4.76. The number of hydrogen-bond acceptors (Lipinski definition) is 10. The van der Waals surface area contributed by atoms with E-state index in [1.807, 2.05) is 36.2 Å². The topological polar surface area (TPSA) is 136 Å². The maximum atomic E-state index is 13.4. The molecule has 2 aliphatic heterocycles. The van der Waals surface area contributed by atoms with Crippen molar-refractivity contribution in [3.05, 3.63) is 48.2 Å². The first-order valence-corrected chi connectivity index (χ1v) is 12.7. The van der Waals surface area contributed by atoms with E-state index < -0.39 is 5.91 Å². The van der Waals surface area contributed by atoms with Crippen LogP contribution in [0.1, 0.15) is 16.9 Å². The number of aromatic nitrogens is 2. The number of fused-ring (bicyclic) bond motifs is 1. The third-order valence-corrected chi connectivity index (χ3v) is 6.68. The second-order valence-corrected chi connectivity index (χ2v) is 9.59. The van der Waals surface area contributed by atoms with E-state index in [9.17, 15) is 9.90 Å². The molecule has 2 saturated heterocycles. The number of piperazine rings is 1. The van der Waals surface area contributed by atoms with Gasteiger partial charge in [-0.1, -0.05) is 24.3 Å². The molecular formula is C27H31N7O4. The van der Waals surface area contributed by atoms with Crippen LogP contribution < -0.4 is 20.3 Å². The number of aromatic hydroxyl groups is 1. The quantitative estimate of drug-likeness (QED) is 0.427. The Kier molecular flexibility index (Phi) is 7.83. The van der Waals surface area contributed by atoms with Crippen LogP contribution in [0.15, 0.2) is 42.5 Å². The minimum atomic E-state index is -0.452. The Hall–Kier alpha value is -3.98. The van der Waals surface area contributed by atoms with Crippen molar-refractivity contribution in [2.75, 3.05) is 63.2 Å². The number of nitrogens with one attached hydrogen (secondary N) is 2. The lowest BCUT2D eigenvalue weighted by atomic mass is 10.1. The number of anilines is 2. The van der Waals surface area contributed by atoms with Crippen molar-refractivity contribution in [2.45, 2.75) is 18.6 Å². The summed E-state index contributed by atoms with van der Waals surface area (Å²) in [6, 6.07) is 14.6. The van der Waals surface area contributed by atoms with Gasteiger partial charge in [0.2, 0.25) is 0 Å². The van der Waals surface area contributed by atoms with Gasteiger partial charge in [0.25, 0.3) is 5.91 Å². The number of morpholine rings is 1. The number of nitriles is 1. The molecule has 3 N–H and O–H groups in total. The molecule has 0 bridgehead atoms. The Labute approximate surface area is 221 Å². The van der Waals surface area contributed by atoms with E-state index in [0.717, 1.165) is 23.9 Å². The highest BCUT2D eigenvalue weighted by Crippen LogP contribution is 2.29. The number of benzene rings is 2. The molecule has 2 fully saturated rings. The Bertz CT molecular complexity index is 1340. The lowest BCUT2D eigenvalue weighted by Crippen LogP contribution is -2.51. The minimum absolute atomic E-state index is 0.00445. The van der Waals surface area contributed by atoms with Crippen molar-refractivity contribution < 1.29 is 19.4 Å². The van der Waals surface area contributed by atoms with Crippen LogP contribution in [0, 0.1) is 11.3 Å². The third kappa shape index (κ3) is 6.11. The zero-order valence-electron chi connectivity index (χ0n) is 21.3.